The van der Waals surface area contributed by atoms with Crippen molar-refractivity contribution in [1.29, 1.82) is 0 Å². The predicted octanol–water partition coefficient (Wildman–Crippen LogP) is 4.12. The van der Waals surface area contributed by atoms with Crippen molar-refractivity contribution in [2.45, 2.75) is 32.7 Å². The van der Waals surface area contributed by atoms with Crippen LogP contribution in [0.25, 0.3) is 0 Å². The van der Waals surface area contributed by atoms with Crippen LogP contribution >= 0.6 is 12.4 Å². The summed E-state index contributed by atoms with van der Waals surface area (Å²) in [4.78, 5) is 23.9. The summed E-state index contributed by atoms with van der Waals surface area (Å²) in [7, 11) is 0. The van der Waals surface area contributed by atoms with Crippen molar-refractivity contribution in [3.63, 3.8) is 0 Å². The fourth-order valence-electron chi connectivity index (χ4n) is 2.45. The number of amides is 2. The molecule has 0 aliphatic heterocycles. The second-order valence-electron chi connectivity index (χ2n) is 6.49. The molecule has 0 saturated heterocycles. The number of carbonyl (C=O) groups is 2. The third-order valence-electron chi connectivity index (χ3n) is 3.68. The van der Waals surface area contributed by atoms with Gasteiger partial charge in [-0.3, -0.25) is 9.59 Å². The standard InChI is InChI=1S/C20H25N3O2.ClH/c1-14(2)12-19(24)22-16-8-10-17(11-9-16)23-20(25)13-18(21)15-6-4-3-5-7-15;/h3-11,14,18H,12-13,21H2,1-2H3,(H,22,24)(H,23,25);1H. The van der Waals surface area contributed by atoms with Gasteiger partial charge in [-0.15, -0.1) is 12.4 Å². The molecule has 0 aliphatic rings. The van der Waals surface area contributed by atoms with Crippen LogP contribution in [0.1, 0.15) is 38.3 Å². The van der Waals surface area contributed by atoms with Crippen molar-refractivity contribution in [3.8, 4) is 0 Å². The summed E-state index contributed by atoms with van der Waals surface area (Å²) in [5.41, 5.74) is 8.38. The largest absolute Gasteiger partial charge is 0.326 e. The molecule has 140 valence electrons. The molecule has 5 nitrogen and oxygen atoms in total. The van der Waals surface area contributed by atoms with Crippen LogP contribution in [0.3, 0.4) is 0 Å². The van der Waals surface area contributed by atoms with Crippen LogP contribution in [-0.2, 0) is 9.59 Å². The van der Waals surface area contributed by atoms with Crippen molar-refractivity contribution in [1.82, 2.24) is 0 Å². The Kier molecular flexibility index (Phi) is 8.82. The van der Waals surface area contributed by atoms with Gasteiger partial charge in [0.25, 0.3) is 0 Å². The molecule has 2 aromatic carbocycles. The number of anilines is 2. The highest BCUT2D eigenvalue weighted by Crippen LogP contribution is 2.17. The summed E-state index contributed by atoms with van der Waals surface area (Å²) in [6, 6.07) is 16.3. The number of hydrogen-bond donors (Lipinski definition) is 3. The third-order valence-corrected chi connectivity index (χ3v) is 3.68. The van der Waals surface area contributed by atoms with E-state index in [2.05, 4.69) is 10.6 Å². The first kappa shape index (κ1) is 21.7. The van der Waals surface area contributed by atoms with Gasteiger partial charge >= 0.3 is 0 Å². The van der Waals surface area contributed by atoms with E-state index in [9.17, 15) is 9.59 Å². The van der Waals surface area contributed by atoms with Gasteiger partial charge in [-0.05, 0) is 35.7 Å². The van der Waals surface area contributed by atoms with Crippen molar-refractivity contribution in [2.75, 3.05) is 10.6 Å². The van der Waals surface area contributed by atoms with Gasteiger partial charge in [0.2, 0.25) is 11.8 Å². The quantitative estimate of drug-likeness (QED) is 0.680. The van der Waals surface area contributed by atoms with Gasteiger partial charge < -0.3 is 16.4 Å². The first-order valence-electron chi connectivity index (χ1n) is 8.44. The fourth-order valence-corrected chi connectivity index (χ4v) is 2.45. The number of carbonyl (C=O) groups excluding carboxylic acids is 2. The lowest BCUT2D eigenvalue weighted by atomic mass is 10.0. The zero-order valence-electron chi connectivity index (χ0n) is 15.1. The molecule has 0 saturated carbocycles. The second-order valence-corrected chi connectivity index (χ2v) is 6.49. The van der Waals surface area contributed by atoms with E-state index < -0.39 is 0 Å². The maximum Gasteiger partial charge on any atom is 0.226 e. The van der Waals surface area contributed by atoms with Gasteiger partial charge in [-0.1, -0.05) is 44.2 Å². The number of benzene rings is 2. The maximum absolute atomic E-state index is 12.1. The summed E-state index contributed by atoms with van der Waals surface area (Å²) in [5, 5.41) is 5.66. The minimum atomic E-state index is -0.337. The first-order chi connectivity index (χ1) is 11.9. The Morgan fingerprint density at radius 3 is 1.77 bits per heavy atom. The Balaban J connectivity index is 0.00000338. The SMILES string of the molecule is CC(C)CC(=O)Nc1ccc(NC(=O)CC(N)c2ccccc2)cc1.Cl. The average Bonchev–Trinajstić information content (AvgIpc) is 2.56. The van der Waals surface area contributed by atoms with Crippen LogP contribution in [-0.4, -0.2) is 11.8 Å². The Bertz CT molecular complexity index is 703. The van der Waals surface area contributed by atoms with E-state index in [1.807, 2.05) is 44.2 Å². The van der Waals surface area contributed by atoms with Crippen molar-refractivity contribution >= 4 is 35.6 Å². The monoisotopic (exact) mass is 375 g/mol. The van der Waals surface area contributed by atoms with Crippen LogP contribution < -0.4 is 16.4 Å². The van der Waals surface area contributed by atoms with E-state index in [1.54, 1.807) is 24.3 Å². The first-order valence-corrected chi connectivity index (χ1v) is 8.44. The molecule has 26 heavy (non-hydrogen) atoms. The minimum absolute atomic E-state index is 0. The van der Waals surface area contributed by atoms with E-state index in [-0.39, 0.29) is 36.7 Å². The van der Waals surface area contributed by atoms with E-state index in [4.69, 9.17) is 5.73 Å². The van der Waals surface area contributed by atoms with Crippen molar-refractivity contribution in [2.24, 2.45) is 11.7 Å². The molecule has 0 aliphatic carbocycles. The summed E-state index contributed by atoms with van der Waals surface area (Å²) in [6.45, 7) is 4.00. The third kappa shape index (κ3) is 7.25. The lowest BCUT2D eigenvalue weighted by Crippen LogP contribution is -2.20. The van der Waals surface area contributed by atoms with Gasteiger partial charge in [0.15, 0.2) is 0 Å². The number of rotatable bonds is 7. The lowest BCUT2D eigenvalue weighted by molar-refractivity contribution is -0.117. The summed E-state index contributed by atoms with van der Waals surface area (Å²) >= 11 is 0. The zero-order chi connectivity index (χ0) is 18.2. The molecule has 2 aromatic rings. The normalized spacial score (nSPS) is 11.4. The molecule has 2 amide bonds. The Morgan fingerprint density at radius 1 is 0.846 bits per heavy atom. The molecule has 6 heteroatoms. The molecule has 0 radical (unpaired) electrons. The van der Waals surface area contributed by atoms with Gasteiger partial charge in [-0.2, -0.15) is 0 Å². The van der Waals surface area contributed by atoms with Gasteiger partial charge in [0, 0.05) is 30.3 Å². The van der Waals surface area contributed by atoms with E-state index >= 15 is 0 Å². The summed E-state index contributed by atoms with van der Waals surface area (Å²) in [6.07, 6.45) is 0.687. The Labute approximate surface area is 160 Å². The highest BCUT2D eigenvalue weighted by Gasteiger charge is 2.12. The highest BCUT2D eigenvalue weighted by atomic mass is 35.5. The number of halogens is 1. The van der Waals surface area contributed by atoms with Crippen LogP contribution in [0, 0.1) is 5.92 Å². The van der Waals surface area contributed by atoms with Crippen molar-refractivity contribution in [3.05, 3.63) is 60.2 Å². The minimum Gasteiger partial charge on any atom is -0.326 e. The molecule has 2 rings (SSSR count). The molecule has 0 bridgehead atoms. The lowest BCUT2D eigenvalue weighted by Gasteiger charge is -2.12. The van der Waals surface area contributed by atoms with Crippen LogP contribution in [0.4, 0.5) is 11.4 Å². The predicted molar refractivity (Wildman–Crippen MR) is 108 cm³/mol. The molecular weight excluding hydrogens is 350 g/mol. The number of hydrogen-bond acceptors (Lipinski definition) is 3. The van der Waals surface area contributed by atoms with Crippen molar-refractivity contribution < 1.29 is 9.59 Å². The van der Waals surface area contributed by atoms with Crippen LogP contribution in [0.5, 0.6) is 0 Å². The van der Waals surface area contributed by atoms with Crippen LogP contribution in [0.2, 0.25) is 0 Å². The number of nitrogens with two attached hydrogens (primary N) is 1. The molecule has 1 unspecified atom stereocenters. The van der Waals surface area contributed by atoms with E-state index in [1.165, 1.54) is 0 Å². The van der Waals surface area contributed by atoms with Gasteiger partial charge in [-0.25, -0.2) is 0 Å². The molecule has 0 heterocycles. The molecule has 0 spiro atoms. The second kappa shape index (κ2) is 10.6. The Morgan fingerprint density at radius 2 is 1.31 bits per heavy atom. The average molecular weight is 376 g/mol. The van der Waals surface area contributed by atoms with E-state index in [0.717, 1.165) is 5.56 Å². The summed E-state index contributed by atoms with van der Waals surface area (Å²) < 4.78 is 0. The zero-order valence-corrected chi connectivity index (χ0v) is 15.9. The van der Waals surface area contributed by atoms with E-state index in [0.29, 0.717) is 23.7 Å². The number of nitrogens with one attached hydrogen (secondary N) is 2. The van der Waals surface area contributed by atoms with Gasteiger partial charge in [0.1, 0.15) is 0 Å². The molecule has 4 N–H and O–H groups in total. The summed E-state index contributed by atoms with van der Waals surface area (Å²) in [5.74, 6) is 0.154. The van der Waals surface area contributed by atoms with Crippen LogP contribution in [0.15, 0.2) is 54.6 Å². The fraction of sp³-hybridized carbons (Fsp3) is 0.300. The maximum atomic E-state index is 12.1. The van der Waals surface area contributed by atoms with Gasteiger partial charge in [0.05, 0.1) is 0 Å². The molecular formula is C20H26ClN3O2. The molecule has 1 atom stereocenters. The smallest absolute Gasteiger partial charge is 0.226 e. The topological polar surface area (TPSA) is 84.2 Å². The highest BCUT2D eigenvalue weighted by molar-refractivity contribution is 5.93. The Hall–Kier alpha value is -2.37. The molecule has 0 fully saturated rings. The molecule has 0 aromatic heterocycles.